The number of nitrogens with zero attached hydrogens (tertiary/aromatic N) is 2. The van der Waals surface area contributed by atoms with E-state index in [-0.39, 0.29) is 29.8 Å². The molecular formula is C22H25N3O3S. The molecule has 0 bridgehead atoms. The van der Waals surface area contributed by atoms with E-state index in [0.717, 1.165) is 19.3 Å². The van der Waals surface area contributed by atoms with Crippen LogP contribution < -0.4 is 10.9 Å². The van der Waals surface area contributed by atoms with Crippen LogP contribution in [0, 0.1) is 5.92 Å². The Labute approximate surface area is 173 Å². The Balaban J connectivity index is 1.55. The summed E-state index contributed by atoms with van der Waals surface area (Å²) in [5.41, 5.74) is 0.507. The summed E-state index contributed by atoms with van der Waals surface area (Å²) in [7, 11) is 0. The molecule has 0 aliphatic heterocycles. The number of amides is 1. The summed E-state index contributed by atoms with van der Waals surface area (Å²) < 4.78 is 7.01. The SMILES string of the molecule is C[C@@H]1CCCC[C@@H]1NC(=O)CSc1nc2ccccc2c(=O)n1Cc1ccco1. The van der Waals surface area contributed by atoms with Crippen LogP contribution in [0.5, 0.6) is 0 Å². The van der Waals surface area contributed by atoms with Gasteiger partial charge in [0, 0.05) is 6.04 Å². The first-order chi connectivity index (χ1) is 14.1. The van der Waals surface area contributed by atoms with Crippen LogP contribution in [0.4, 0.5) is 0 Å². The highest BCUT2D eigenvalue weighted by Gasteiger charge is 2.23. The standard InChI is InChI=1S/C22H25N3O3S/c1-15-7-2-4-10-18(15)23-20(26)14-29-22-24-19-11-5-3-9-17(19)21(27)25(22)13-16-8-6-12-28-16/h3,5-6,8-9,11-12,15,18H,2,4,7,10,13-14H2,1H3,(H,23,26)/t15-,18+/m1/s1. The first-order valence-corrected chi connectivity index (χ1v) is 11.0. The van der Waals surface area contributed by atoms with Crippen molar-refractivity contribution in [2.75, 3.05) is 5.75 Å². The number of carbonyl (C=O) groups excluding carboxylic acids is 1. The summed E-state index contributed by atoms with van der Waals surface area (Å²) >= 11 is 1.29. The van der Waals surface area contributed by atoms with E-state index in [1.165, 1.54) is 18.2 Å². The van der Waals surface area contributed by atoms with Gasteiger partial charge >= 0.3 is 0 Å². The highest BCUT2D eigenvalue weighted by molar-refractivity contribution is 7.99. The van der Waals surface area contributed by atoms with E-state index < -0.39 is 0 Å². The third-order valence-electron chi connectivity index (χ3n) is 5.51. The van der Waals surface area contributed by atoms with Crippen molar-refractivity contribution < 1.29 is 9.21 Å². The third-order valence-corrected chi connectivity index (χ3v) is 6.49. The number of rotatable bonds is 6. The maximum absolute atomic E-state index is 13.0. The van der Waals surface area contributed by atoms with Gasteiger partial charge in [-0.1, -0.05) is 43.7 Å². The van der Waals surface area contributed by atoms with Gasteiger partial charge in [-0.25, -0.2) is 4.98 Å². The second-order valence-electron chi connectivity index (χ2n) is 7.61. The molecule has 2 aromatic heterocycles. The molecule has 1 amide bonds. The average molecular weight is 412 g/mol. The predicted molar refractivity (Wildman–Crippen MR) is 114 cm³/mol. The highest BCUT2D eigenvalue weighted by Crippen LogP contribution is 2.24. The lowest BCUT2D eigenvalue weighted by Crippen LogP contribution is -2.42. The second kappa shape index (κ2) is 8.86. The molecule has 6 nitrogen and oxygen atoms in total. The minimum Gasteiger partial charge on any atom is -0.467 e. The quantitative estimate of drug-likeness (QED) is 0.493. The van der Waals surface area contributed by atoms with Gasteiger partial charge < -0.3 is 9.73 Å². The Bertz CT molecular complexity index is 1050. The topological polar surface area (TPSA) is 77.1 Å². The number of para-hydroxylation sites is 1. The average Bonchev–Trinajstić information content (AvgIpc) is 3.24. The Morgan fingerprint density at radius 2 is 2.07 bits per heavy atom. The number of thioether (sulfide) groups is 1. The Morgan fingerprint density at radius 3 is 2.86 bits per heavy atom. The number of carbonyl (C=O) groups is 1. The van der Waals surface area contributed by atoms with Crippen molar-refractivity contribution in [2.24, 2.45) is 5.92 Å². The van der Waals surface area contributed by atoms with E-state index in [4.69, 9.17) is 4.42 Å². The smallest absolute Gasteiger partial charge is 0.262 e. The van der Waals surface area contributed by atoms with E-state index in [9.17, 15) is 9.59 Å². The molecular weight excluding hydrogens is 386 g/mol. The van der Waals surface area contributed by atoms with Gasteiger partial charge in [0.2, 0.25) is 5.91 Å². The van der Waals surface area contributed by atoms with Gasteiger partial charge in [-0.15, -0.1) is 0 Å². The molecule has 29 heavy (non-hydrogen) atoms. The zero-order valence-corrected chi connectivity index (χ0v) is 17.3. The van der Waals surface area contributed by atoms with Gasteiger partial charge in [0.15, 0.2) is 5.16 Å². The fraction of sp³-hybridized carbons (Fsp3) is 0.409. The summed E-state index contributed by atoms with van der Waals surface area (Å²) in [6.45, 7) is 2.48. The van der Waals surface area contributed by atoms with Gasteiger partial charge in [-0.2, -0.15) is 0 Å². The minimum atomic E-state index is -0.129. The molecule has 0 spiro atoms. The van der Waals surface area contributed by atoms with Gasteiger partial charge in [0.25, 0.3) is 5.56 Å². The van der Waals surface area contributed by atoms with E-state index in [1.54, 1.807) is 23.0 Å². The molecule has 0 radical (unpaired) electrons. The number of aromatic nitrogens is 2. The summed E-state index contributed by atoms with van der Waals surface area (Å²) in [4.78, 5) is 30.2. The highest BCUT2D eigenvalue weighted by atomic mass is 32.2. The number of benzene rings is 1. The Hall–Kier alpha value is -2.54. The number of hydrogen-bond acceptors (Lipinski definition) is 5. The van der Waals surface area contributed by atoms with Crippen LogP contribution in [0.2, 0.25) is 0 Å². The molecule has 1 aliphatic carbocycles. The number of hydrogen-bond donors (Lipinski definition) is 1. The molecule has 2 atom stereocenters. The Kier molecular flexibility index (Phi) is 6.04. The molecule has 2 heterocycles. The van der Waals surface area contributed by atoms with Crippen molar-refractivity contribution in [1.29, 1.82) is 0 Å². The third kappa shape index (κ3) is 4.56. The lowest BCUT2D eigenvalue weighted by Gasteiger charge is -2.29. The van der Waals surface area contributed by atoms with Gasteiger partial charge in [-0.05, 0) is 43.0 Å². The molecule has 7 heteroatoms. The van der Waals surface area contributed by atoms with Crippen molar-refractivity contribution in [2.45, 2.75) is 50.4 Å². The fourth-order valence-corrected chi connectivity index (χ4v) is 4.67. The number of fused-ring (bicyclic) bond motifs is 1. The van der Waals surface area contributed by atoms with Crippen LogP contribution in [-0.4, -0.2) is 27.3 Å². The van der Waals surface area contributed by atoms with Gasteiger partial charge in [-0.3, -0.25) is 14.2 Å². The zero-order chi connectivity index (χ0) is 20.2. The lowest BCUT2D eigenvalue weighted by atomic mass is 9.86. The van der Waals surface area contributed by atoms with Crippen molar-refractivity contribution in [3.8, 4) is 0 Å². The zero-order valence-electron chi connectivity index (χ0n) is 16.5. The van der Waals surface area contributed by atoms with Crippen LogP contribution in [0.25, 0.3) is 10.9 Å². The van der Waals surface area contributed by atoms with Crippen LogP contribution >= 0.6 is 11.8 Å². The normalized spacial score (nSPS) is 19.3. The largest absolute Gasteiger partial charge is 0.467 e. The summed E-state index contributed by atoms with van der Waals surface area (Å²) in [6.07, 6.45) is 6.18. The summed E-state index contributed by atoms with van der Waals surface area (Å²) in [5.74, 6) is 1.40. The Morgan fingerprint density at radius 1 is 1.24 bits per heavy atom. The molecule has 152 valence electrons. The molecule has 1 N–H and O–H groups in total. The molecule has 3 aromatic rings. The van der Waals surface area contributed by atoms with Crippen molar-refractivity contribution in [1.82, 2.24) is 14.9 Å². The molecule has 1 saturated carbocycles. The summed E-state index contributed by atoms with van der Waals surface area (Å²) in [6, 6.07) is 11.1. The van der Waals surface area contributed by atoms with E-state index in [1.807, 2.05) is 24.3 Å². The predicted octanol–water partition coefficient (Wildman–Crippen LogP) is 3.82. The molecule has 0 unspecified atom stereocenters. The van der Waals surface area contributed by atoms with Gasteiger partial charge in [0.1, 0.15) is 5.76 Å². The molecule has 1 aromatic carbocycles. The van der Waals surface area contributed by atoms with E-state index in [0.29, 0.717) is 27.7 Å². The molecule has 4 rings (SSSR count). The van der Waals surface area contributed by atoms with Crippen LogP contribution in [0.3, 0.4) is 0 Å². The maximum Gasteiger partial charge on any atom is 0.262 e. The maximum atomic E-state index is 13.0. The summed E-state index contributed by atoms with van der Waals surface area (Å²) in [5, 5.41) is 4.25. The van der Waals surface area contributed by atoms with Crippen molar-refractivity contribution in [3.63, 3.8) is 0 Å². The number of furan rings is 1. The van der Waals surface area contributed by atoms with Crippen molar-refractivity contribution in [3.05, 3.63) is 58.8 Å². The monoisotopic (exact) mass is 411 g/mol. The van der Waals surface area contributed by atoms with Gasteiger partial charge in [0.05, 0.1) is 29.5 Å². The molecule has 1 aliphatic rings. The molecule has 1 fully saturated rings. The fourth-order valence-electron chi connectivity index (χ4n) is 3.86. The first kappa shape index (κ1) is 19.8. The minimum absolute atomic E-state index is 0.0132. The molecule has 0 saturated heterocycles. The second-order valence-corrected chi connectivity index (χ2v) is 8.55. The van der Waals surface area contributed by atoms with E-state index >= 15 is 0 Å². The number of nitrogens with one attached hydrogen (secondary N) is 1. The first-order valence-electron chi connectivity index (χ1n) is 10.1. The van der Waals surface area contributed by atoms with Crippen molar-refractivity contribution >= 4 is 28.6 Å². The van der Waals surface area contributed by atoms with Crippen LogP contribution in [0.15, 0.2) is 57.0 Å². The van der Waals surface area contributed by atoms with E-state index in [2.05, 4.69) is 17.2 Å². The van der Waals surface area contributed by atoms with Crippen LogP contribution in [0.1, 0.15) is 38.4 Å². The van der Waals surface area contributed by atoms with Crippen LogP contribution in [-0.2, 0) is 11.3 Å². The lowest BCUT2D eigenvalue weighted by molar-refractivity contribution is -0.119.